The molecular weight excluding hydrogens is 388 g/mol. The number of rotatable bonds is 6. The lowest BCUT2D eigenvalue weighted by Gasteiger charge is -2.34. The van der Waals surface area contributed by atoms with Crippen LogP contribution in [0.1, 0.15) is 48.9 Å². The molecule has 1 amide bonds. The topological polar surface area (TPSA) is 47.9 Å². The summed E-state index contributed by atoms with van der Waals surface area (Å²) < 4.78 is 0. The predicted molar refractivity (Wildman–Crippen MR) is 117 cm³/mol. The van der Waals surface area contributed by atoms with Gasteiger partial charge in [0.1, 0.15) is 0 Å². The van der Waals surface area contributed by atoms with Crippen molar-refractivity contribution in [1.82, 2.24) is 15.2 Å². The van der Waals surface area contributed by atoms with Crippen molar-refractivity contribution in [2.24, 2.45) is 5.10 Å². The number of hydrazone groups is 1. The van der Waals surface area contributed by atoms with Gasteiger partial charge in [-0.1, -0.05) is 26.0 Å². The zero-order chi connectivity index (χ0) is 19.5. The van der Waals surface area contributed by atoms with Crippen molar-refractivity contribution in [3.8, 4) is 0 Å². The molecule has 4 heterocycles. The van der Waals surface area contributed by atoms with Crippen LogP contribution in [0.25, 0.3) is 0 Å². The van der Waals surface area contributed by atoms with Crippen LogP contribution in [-0.4, -0.2) is 53.2 Å². The molecule has 2 aromatic heterocycles. The smallest absolute Gasteiger partial charge is 0.257 e. The van der Waals surface area contributed by atoms with Gasteiger partial charge in [-0.2, -0.15) is 5.10 Å². The molecular formula is C21H28N4OS2. The molecule has 0 bridgehead atoms. The van der Waals surface area contributed by atoms with Crippen LogP contribution in [0.2, 0.25) is 0 Å². The van der Waals surface area contributed by atoms with Gasteiger partial charge in [0.15, 0.2) is 0 Å². The van der Waals surface area contributed by atoms with Gasteiger partial charge in [0, 0.05) is 36.5 Å². The molecule has 7 heteroatoms. The van der Waals surface area contributed by atoms with Gasteiger partial charge < -0.3 is 5.32 Å². The quantitative estimate of drug-likeness (QED) is 0.776. The lowest BCUT2D eigenvalue weighted by Crippen LogP contribution is -2.47. The second-order valence-electron chi connectivity index (χ2n) is 7.87. The Labute approximate surface area is 175 Å². The summed E-state index contributed by atoms with van der Waals surface area (Å²) in [5.41, 5.74) is 1.03. The minimum absolute atomic E-state index is 0.0322. The summed E-state index contributed by atoms with van der Waals surface area (Å²) in [6.07, 6.45) is 3.00. The Kier molecular flexibility index (Phi) is 6.25. The first-order valence-electron chi connectivity index (χ1n) is 10.1. The molecule has 0 aliphatic carbocycles. The number of carbonyl (C=O) groups is 1. The number of hydrogen-bond donors (Lipinski definition) is 1. The zero-order valence-corrected chi connectivity index (χ0v) is 18.1. The Morgan fingerprint density at radius 2 is 1.96 bits per heavy atom. The third-order valence-electron chi connectivity index (χ3n) is 5.36. The van der Waals surface area contributed by atoms with Crippen LogP contribution in [0.4, 0.5) is 0 Å². The first-order valence-corrected chi connectivity index (χ1v) is 11.8. The SMILES string of the molecule is CC(C)NC1CCN(CC(=O)N2N=C(c3cccs3)CC2c2cccs2)CC1. The van der Waals surface area contributed by atoms with Crippen molar-refractivity contribution < 1.29 is 4.79 Å². The van der Waals surface area contributed by atoms with Crippen molar-refractivity contribution in [3.05, 3.63) is 44.8 Å². The molecule has 28 heavy (non-hydrogen) atoms. The van der Waals surface area contributed by atoms with Gasteiger partial charge in [-0.15, -0.1) is 22.7 Å². The second-order valence-corrected chi connectivity index (χ2v) is 9.80. The fourth-order valence-corrected chi connectivity index (χ4v) is 5.56. The second kappa shape index (κ2) is 8.86. The van der Waals surface area contributed by atoms with Gasteiger partial charge in [-0.3, -0.25) is 9.69 Å². The van der Waals surface area contributed by atoms with Crippen molar-refractivity contribution in [2.45, 2.75) is 51.2 Å². The van der Waals surface area contributed by atoms with E-state index in [0.29, 0.717) is 18.6 Å². The predicted octanol–water partition coefficient (Wildman–Crippen LogP) is 3.95. The van der Waals surface area contributed by atoms with Gasteiger partial charge in [-0.05, 0) is 35.7 Å². The van der Waals surface area contributed by atoms with E-state index >= 15 is 0 Å². The Morgan fingerprint density at radius 1 is 1.21 bits per heavy atom. The van der Waals surface area contributed by atoms with E-state index in [2.05, 4.69) is 53.0 Å². The maximum atomic E-state index is 13.2. The largest absolute Gasteiger partial charge is 0.312 e. The molecule has 2 aliphatic heterocycles. The molecule has 1 fully saturated rings. The first-order chi connectivity index (χ1) is 13.6. The Hall–Kier alpha value is -1.54. The minimum Gasteiger partial charge on any atom is -0.312 e. The van der Waals surface area contributed by atoms with E-state index in [0.717, 1.165) is 42.9 Å². The highest BCUT2D eigenvalue weighted by atomic mass is 32.1. The molecule has 1 saturated heterocycles. The Morgan fingerprint density at radius 3 is 2.61 bits per heavy atom. The average molecular weight is 417 g/mol. The third-order valence-corrected chi connectivity index (χ3v) is 7.25. The molecule has 1 N–H and O–H groups in total. The van der Waals surface area contributed by atoms with E-state index in [1.165, 1.54) is 4.88 Å². The van der Waals surface area contributed by atoms with E-state index < -0.39 is 0 Å². The molecule has 0 aromatic carbocycles. The number of thiophene rings is 2. The van der Waals surface area contributed by atoms with Gasteiger partial charge in [0.05, 0.1) is 23.2 Å². The van der Waals surface area contributed by atoms with Crippen molar-refractivity contribution in [1.29, 1.82) is 0 Å². The monoisotopic (exact) mass is 416 g/mol. The summed E-state index contributed by atoms with van der Waals surface area (Å²) in [6.45, 7) is 6.77. The van der Waals surface area contributed by atoms with Crippen LogP contribution in [0.5, 0.6) is 0 Å². The average Bonchev–Trinajstić information content (AvgIpc) is 3.42. The molecule has 1 atom stereocenters. The van der Waals surface area contributed by atoms with Crippen LogP contribution in [0.3, 0.4) is 0 Å². The fraction of sp³-hybridized carbons (Fsp3) is 0.524. The number of nitrogens with one attached hydrogen (secondary N) is 1. The number of amides is 1. The zero-order valence-electron chi connectivity index (χ0n) is 16.5. The number of nitrogens with zero attached hydrogens (tertiary/aromatic N) is 3. The lowest BCUT2D eigenvalue weighted by molar-refractivity contribution is -0.134. The number of hydrogen-bond acceptors (Lipinski definition) is 6. The number of likely N-dealkylation sites (tertiary alicyclic amines) is 1. The van der Waals surface area contributed by atoms with Crippen LogP contribution in [-0.2, 0) is 4.79 Å². The summed E-state index contributed by atoms with van der Waals surface area (Å²) in [5.74, 6) is 0.111. The maximum absolute atomic E-state index is 13.2. The summed E-state index contributed by atoms with van der Waals surface area (Å²) >= 11 is 3.40. The number of carbonyl (C=O) groups excluding carboxylic acids is 1. The van der Waals surface area contributed by atoms with Crippen LogP contribution in [0.15, 0.2) is 40.1 Å². The summed E-state index contributed by atoms with van der Waals surface area (Å²) in [6, 6.07) is 9.42. The van der Waals surface area contributed by atoms with Gasteiger partial charge >= 0.3 is 0 Å². The molecule has 4 rings (SSSR count). The molecule has 0 saturated carbocycles. The normalized spacial score (nSPS) is 21.5. The van der Waals surface area contributed by atoms with E-state index in [1.807, 2.05) is 6.07 Å². The lowest BCUT2D eigenvalue weighted by atomic mass is 10.0. The fourth-order valence-electron chi connectivity index (χ4n) is 4.03. The summed E-state index contributed by atoms with van der Waals surface area (Å²) in [4.78, 5) is 17.8. The van der Waals surface area contributed by atoms with E-state index in [-0.39, 0.29) is 11.9 Å². The summed E-state index contributed by atoms with van der Waals surface area (Å²) in [5, 5.41) is 14.3. The molecule has 0 radical (unpaired) electrons. The van der Waals surface area contributed by atoms with Crippen molar-refractivity contribution >= 4 is 34.3 Å². The van der Waals surface area contributed by atoms with Gasteiger partial charge in [0.25, 0.3) is 5.91 Å². The Balaban J connectivity index is 1.42. The van der Waals surface area contributed by atoms with Crippen molar-refractivity contribution in [2.75, 3.05) is 19.6 Å². The van der Waals surface area contributed by atoms with Crippen LogP contribution < -0.4 is 5.32 Å². The van der Waals surface area contributed by atoms with Crippen molar-refractivity contribution in [3.63, 3.8) is 0 Å². The molecule has 150 valence electrons. The van der Waals surface area contributed by atoms with Gasteiger partial charge in [-0.25, -0.2) is 5.01 Å². The van der Waals surface area contributed by atoms with E-state index in [1.54, 1.807) is 27.7 Å². The molecule has 2 aromatic rings. The highest BCUT2D eigenvalue weighted by Crippen LogP contribution is 2.36. The number of piperidine rings is 1. The maximum Gasteiger partial charge on any atom is 0.257 e. The third kappa shape index (κ3) is 4.54. The molecule has 1 unspecified atom stereocenters. The van der Waals surface area contributed by atoms with Crippen LogP contribution >= 0.6 is 22.7 Å². The highest BCUT2D eigenvalue weighted by Gasteiger charge is 2.35. The molecule has 5 nitrogen and oxygen atoms in total. The van der Waals surface area contributed by atoms with Gasteiger partial charge in [0.2, 0.25) is 0 Å². The highest BCUT2D eigenvalue weighted by molar-refractivity contribution is 7.12. The van der Waals surface area contributed by atoms with E-state index in [4.69, 9.17) is 5.10 Å². The van der Waals surface area contributed by atoms with Crippen LogP contribution in [0, 0.1) is 0 Å². The summed E-state index contributed by atoms with van der Waals surface area (Å²) in [7, 11) is 0. The first kappa shape index (κ1) is 19.8. The molecule has 2 aliphatic rings. The molecule has 0 spiro atoms. The van der Waals surface area contributed by atoms with E-state index in [9.17, 15) is 4.79 Å². The Bertz CT molecular complexity index is 793. The minimum atomic E-state index is 0.0322. The standard InChI is InChI=1S/C21H28N4OS2/c1-15(2)22-16-7-9-24(10-8-16)14-21(26)25-18(20-6-4-12-28-20)13-17(23-25)19-5-3-11-27-19/h3-6,11-12,15-16,18,22H,7-10,13-14H2,1-2H3.